The van der Waals surface area contributed by atoms with E-state index in [1.54, 1.807) is 107 Å². The molecule has 1 aromatic carbocycles. The molecule has 2 unspecified atom stereocenters. The predicted molar refractivity (Wildman–Crippen MR) is 836 cm³/mol. The van der Waals surface area contributed by atoms with Gasteiger partial charge in [-0.3, -0.25) is 4.79 Å². The average molecular weight is 3560 g/mol. The number of rotatable bonds is 1. The van der Waals surface area contributed by atoms with Gasteiger partial charge in [-0.2, -0.15) is 0 Å². The number of carbonyl (C=O) groups excluding carboxylic acids is 1. The Balaban J connectivity index is 0.00000228. The van der Waals surface area contributed by atoms with Gasteiger partial charge in [0, 0.05) is 936 Å². The van der Waals surface area contributed by atoms with Gasteiger partial charge in [-0.15, -0.1) is 0 Å². The van der Waals surface area contributed by atoms with Gasteiger partial charge in [-0.1, -0.05) is 11.8 Å². The van der Waals surface area contributed by atoms with Crippen molar-refractivity contribution in [2.45, 2.75) is 51.9 Å². The number of carbonyl (C=O) groups is 1. The van der Waals surface area contributed by atoms with Crippen molar-refractivity contribution in [3.63, 3.8) is 0 Å². The van der Waals surface area contributed by atoms with Gasteiger partial charge in [0.25, 0.3) is 0 Å². The van der Waals surface area contributed by atoms with E-state index in [0.717, 1.165) is 23.3 Å². The van der Waals surface area contributed by atoms with E-state index in [4.69, 9.17) is 22.4 Å². The third-order valence-electron chi connectivity index (χ3n) is 7.04. The van der Waals surface area contributed by atoms with Crippen LogP contribution >= 0.6 is 0 Å². The van der Waals surface area contributed by atoms with Crippen LogP contribution in [0, 0.1) is 17.3 Å². The summed E-state index contributed by atoms with van der Waals surface area (Å²) in [5.41, 5.74) is 4.53. The number of aldehydes is 1. The van der Waals surface area contributed by atoms with Crippen LogP contribution in [0.5, 0.6) is 0 Å². The summed E-state index contributed by atoms with van der Waals surface area (Å²) in [7, 11) is 183. The molecule has 2 aliphatic rings. The molecule has 0 N–H and O–H groups in total. The standard InChI is InChI=1S/C18H20O.S103/c1-18(2,3)7-6-12-9-16-13-4-5-14(8-13)17(16)10-15(12)11-19;1-3-5-7-9-11-13-15-17-19-21-23-25-27-29-31-33-35-37-39-41-43-45-47-49-51-53-55-57-59-61-63-65-67-69-71-73-75-77-79-81-83-85-87-89-91-93-95-97-99-101-103-102-100-98-96-94-92-90-88-86-84-82-80-78-76-74-72-70-68-66-64-62-60-58-56-54-52-50-48-46-44-42-40-38-36-34-32-30-28-26-24-22-20-18-16-14-12-10-8-6-4-2/h9-11,13-14H,4-5,8H2,1-3H3;. The molecule has 2 bridgehead atoms. The topological polar surface area (TPSA) is 17.1 Å². The van der Waals surface area contributed by atoms with E-state index in [1.807, 2.05) is 773 Å². The Morgan fingerprint density at radius 2 is 0.344 bits per heavy atom. The van der Waals surface area contributed by atoms with Gasteiger partial charge in [-0.05, 0) is 75.1 Å². The molecule has 1 fully saturated rings. The van der Waals surface area contributed by atoms with E-state index in [2.05, 4.69) is 44.7 Å². The van der Waals surface area contributed by atoms with Crippen molar-refractivity contribution < 1.29 is 4.79 Å². The van der Waals surface area contributed by atoms with E-state index < -0.39 is 0 Å². The summed E-state index contributed by atoms with van der Waals surface area (Å²) in [5, 5.41) is 0. The SMILES string of the molecule is CC(C)(C)C#Cc1cc2c(cc1C=O)C1CCC2C1.S=S=S=S=S=S=S=S=S=S=S=S=S=S=S=S=S=S=S=S=S=S=S=S=S=S=S=S=S=S=S=S=S=S=S=S=S=S=S=S=S=S=S=S=S=S=S=S=S=S=S=S=S=S=S=S=S=S=S=S=S=S=S=S=S=S=S=S=S=S=S=S=S=S=S=S=S=S=S=S=S=S=S=S=S=S=S=S=S=S=S=S=S=S=S=S=S=S=S=S=S=S=S. The molecule has 1 nitrogen and oxygen atoms in total. The Labute approximate surface area is 1000 Å². The zero-order valence-corrected chi connectivity index (χ0v) is 138. The van der Waals surface area contributed by atoms with Gasteiger partial charge in [0.2, 0.25) is 0 Å². The minimum Gasteiger partial charge on any atom is -0.298 e. The quantitative estimate of drug-likeness (QED) is 0.313. The zero-order valence-electron chi connectivity index (χ0n) is 54.0. The Kier molecular flexibility index (Phi) is 136. The fourth-order valence-corrected chi connectivity index (χ4v) is 276. The van der Waals surface area contributed by atoms with Crippen LogP contribution in [0.25, 0.3) is 0 Å². The largest absolute Gasteiger partial charge is 0.298 e. The number of hydrogen-bond acceptors (Lipinski definition) is 3. The number of fused-ring (bicyclic) bond motifs is 5. The van der Waals surface area contributed by atoms with Crippen LogP contribution in [0.1, 0.15) is 78.9 Å². The summed E-state index contributed by atoms with van der Waals surface area (Å²) in [6, 6.07) is 4.28. The number of benzene rings is 1. The second kappa shape index (κ2) is 119. The number of hydrogen-bond donors (Lipinski definition) is 0. The predicted octanol–water partition coefficient (Wildman–Crippen LogP) is 4.01. The highest BCUT2D eigenvalue weighted by Gasteiger charge is 2.37. The van der Waals surface area contributed by atoms with Crippen LogP contribution in [0.15, 0.2) is 12.1 Å². The van der Waals surface area contributed by atoms with Gasteiger partial charge in [0.15, 0.2) is 6.29 Å². The molecule has 2 aliphatic carbocycles. The van der Waals surface area contributed by atoms with Crippen LogP contribution in [0.2, 0.25) is 0 Å². The lowest BCUT2D eigenvalue weighted by atomic mass is 9.88. The molecule has 0 spiro atoms. The first kappa shape index (κ1) is 139. The van der Waals surface area contributed by atoms with Crippen LogP contribution in [-0.4, -0.2) is 6.29 Å². The van der Waals surface area contributed by atoms with Gasteiger partial charge < -0.3 is 0 Å². The summed E-state index contributed by atoms with van der Waals surface area (Å²) in [5.74, 6) is 7.87. The molecular weight excluding hydrogens is 3540 g/mol. The maximum Gasteiger partial charge on any atom is 0.151 e. The second-order valence-electron chi connectivity index (χ2n) is 13.8. The average Bonchev–Trinajstić information content (AvgIpc) is 1.61. The van der Waals surface area contributed by atoms with Gasteiger partial charge in [-0.25, -0.2) is 0 Å². The van der Waals surface area contributed by atoms with E-state index in [0.29, 0.717) is 5.92 Å². The lowest BCUT2D eigenvalue weighted by molar-refractivity contribution is 0.112. The van der Waals surface area contributed by atoms with Crippen molar-refractivity contribution in [2.75, 3.05) is 0 Å². The van der Waals surface area contributed by atoms with Crippen molar-refractivity contribution in [1.29, 1.82) is 0 Å². The third kappa shape index (κ3) is 105. The lowest BCUT2D eigenvalue weighted by Gasteiger charge is -2.16. The molecule has 1 aromatic rings. The molecule has 104 heteroatoms. The van der Waals surface area contributed by atoms with Gasteiger partial charge >= 0.3 is 0 Å². The molecule has 2 atom stereocenters. The summed E-state index contributed by atoms with van der Waals surface area (Å²) in [6.45, 7) is 6.28. The molecule has 122 heavy (non-hydrogen) atoms. The molecule has 0 saturated heterocycles. The lowest BCUT2D eigenvalue weighted by Crippen LogP contribution is -2.03. The Morgan fingerprint density at radius 3 is 0.459 bits per heavy atom. The summed E-state index contributed by atoms with van der Waals surface area (Å²) in [4.78, 5) is 11.3. The molecular formula is C18H20OS103. The summed E-state index contributed by atoms with van der Waals surface area (Å²) >= 11 is 9.66. The normalized spacial score (nSPS) is 10.4. The van der Waals surface area contributed by atoms with Crippen molar-refractivity contribution in [1.82, 2.24) is 0 Å². The third-order valence-corrected chi connectivity index (χ3v) is 229. The first-order valence-electron chi connectivity index (χ1n) is 24.1. The molecule has 1 saturated carbocycles. The molecule has 0 radical (unpaired) electrons. The molecule has 0 aliphatic heterocycles. The smallest absolute Gasteiger partial charge is 0.151 e. The minimum absolute atomic E-state index is 0.0296. The monoisotopic (exact) mass is 3550 g/mol. The van der Waals surface area contributed by atoms with E-state index in [-0.39, 0.29) is 5.41 Å². The maximum absolute atomic E-state index is 11.3. The summed E-state index contributed by atoms with van der Waals surface area (Å²) < 4.78 is 0. The first-order valence-corrected chi connectivity index (χ1v) is 160. The highest BCUT2D eigenvalue weighted by atomic mass is 33.6. The molecule has 716 valence electrons. The Hall–Kier alpha value is 21.1. The van der Waals surface area contributed by atoms with Crippen molar-refractivity contribution in [3.05, 3.63) is 34.4 Å². The van der Waals surface area contributed by atoms with Crippen molar-refractivity contribution >= 4 is 926 Å². The van der Waals surface area contributed by atoms with E-state index in [1.165, 1.54) is 48.2 Å². The minimum atomic E-state index is -0.0296. The van der Waals surface area contributed by atoms with E-state index in [9.17, 15) is 4.79 Å². The highest BCUT2D eigenvalue weighted by molar-refractivity contribution is 8.88. The molecule has 0 amide bonds. The highest BCUT2D eigenvalue weighted by Crippen LogP contribution is 2.53. The maximum atomic E-state index is 11.3. The van der Waals surface area contributed by atoms with Crippen LogP contribution in [-0.2, 0) is 919 Å². The molecule has 3 rings (SSSR count). The Morgan fingerprint density at radius 1 is 0.221 bits per heavy atom. The summed E-state index contributed by atoms with van der Waals surface area (Å²) in [6.07, 6.45) is 4.84. The molecule has 0 heterocycles. The zero-order chi connectivity index (χ0) is 87.0. The van der Waals surface area contributed by atoms with Crippen molar-refractivity contribution in [3.8, 4) is 11.8 Å². The second-order valence-corrected chi connectivity index (χ2v) is 192. The van der Waals surface area contributed by atoms with Crippen LogP contribution < -0.4 is 0 Å². The fraction of sp³-hybridized carbons (Fsp3) is 0.500. The van der Waals surface area contributed by atoms with Crippen molar-refractivity contribution in [2.24, 2.45) is 5.41 Å². The molecule has 0 aromatic heterocycles. The van der Waals surface area contributed by atoms with Crippen LogP contribution in [0.4, 0.5) is 0 Å². The Bertz CT molecular complexity index is 8950. The fourth-order valence-electron chi connectivity index (χ4n) is 4.49. The van der Waals surface area contributed by atoms with Crippen LogP contribution in [0.3, 0.4) is 0 Å². The van der Waals surface area contributed by atoms with E-state index >= 15 is 0 Å². The first-order chi connectivity index (χ1) is 60.4. The van der Waals surface area contributed by atoms with Gasteiger partial charge in [0.05, 0.1) is 0 Å². The van der Waals surface area contributed by atoms with Gasteiger partial charge in [0.1, 0.15) is 0 Å².